The Kier molecular flexibility index (Phi) is 3.44. The Morgan fingerprint density at radius 1 is 1.47 bits per heavy atom. The highest BCUT2D eigenvalue weighted by molar-refractivity contribution is 9.10. The second-order valence-corrected chi connectivity index (χ2v) is 5.20. The predicted octanol–water partition coefficient (Wildman–Crippen LogP) is 2.23. The molecule has 82 valence electrons. The zero-order chi connectivity index (χ0) is 10.8. The molecule has 0 aromatic heterocycles. The van der Waals surface area contributed by atoms with Crippen molar-refractivity contribution in [2.75, 3.05) is 20.1 Å². The first-order valence-corrected chi connectivity index (χ1v) is 6.08. The van der Waals surface area contributed by atoms with Gasteiger partial charge in [0.15, 0.2) is 0 Å². The summed E-state index contributed by atoms with van der Waals surface area (Å²) in [5, 5.41) is 10.0. The molecule has 2 nitrogen and oxygen atoms in total. The molecular weight excluding hydrogens is 254 g/mol. The minimum Gasteiger partial charge on any atom is -0.391 e. The molecular formula is C12H16BrNO. The van der Waals surface area contributed by atoms with Gasteiger partial charge in [0.2, 0.25) is 0 Å². The van der Waals surface area contributed by atoms with Crippen molar-refractivity contribution < 1.29 is 5.11 Å². The summed E-state index contributed by atoms with van der Waals surface area (Å²) in [6.45, 7) is 1.84. The van der Waals surface area contributed by atoms with E-state index in [1.807, 2.05) is 12.1 Å². The van der Waals surface area contributed by atoms with Crippen molar-refractivity contribution in [3.8, 4) is 0 Å². The van der Waals surface area contributed by atoms with E-state index in [-0.39, 0.29) is 6.10 Å². The summed E-state index contributed by atoms with van der Waals surface area (Å²) in [5.41, 5.74) is 1.24. The lowest BCUT2D eigenvalue weighted by Gasteiger charge is -2.34. The van der Waals surface area contributed by atoms with E-state index in [4.69, 9.17) is 0 Å². The first-order chi connectivity index (χ1) is 7.16. The molecule has 0 radical (unpaired) electrons. The molecule has 1 aromatic rings. The largest absolute Gasteiger partial charge is 0.391 e. The van der Waals surface area contributed by atoms with E-state index in [1.165, 1.54) is 5.56 Å². The highest BCUT2D eigenvalue weighted by atomic mass is 79.9. The maximum Gasteiger partial charge on any atom is 0.0735 e. The van der Waals surface area contributed by atoms with Crippen LogP contribution >= 0.6 is 15.9 Å². The van der Waals surface area contributed by atoms with Crippen molar-refractivity contribution in [1.29, 1.82) is 0 Å². The monoisotopic (exact) mass is 269 g/mol. The van der Waals surface area contributed by atoms with E-state index in [0.717, 1.165) is 24.0 Å². The van der Waals surface area contributed by atoms with Crippen molar-refractivity contribution in [1.82, 2.24) is 4.90 Å². The van der Waals surface area contributed by atoms with Gasteiger partial charge in [-0.1, -0.05) is 28.1 Å². The highest BCUT2D eigenvalue weighted by Gasteiger charge is 2.26. The third-order valence-electron chi connectivity index (χ3n) is 3.06. The number of likely N-dealkylation sites (N-methyl/N-ethyl adjacent to an activating group) is 1. The summed E-state index contributed by atoms with van der Waals surface area (Å²) in [5.74, 6) is 0.290. The maximum atomic E-state index is 10.0. The van der Waals surface area contributed by atoms with Crippen molar-refractivity contribution in [3.05, 3.63) is 34.3 Å². The van der Waals surface area contributed by atoms with Crippen molar-refractivity contribution >= 4 is 15.9 Å². The fourth-order valence-corrected chi connectivity index (χ4v) is 2.63. The quantitative estimate of drug-likeness (QED) is 0.846. The first kappa shape index (κ1) is 11.1. The number of hydrogen-bond donors (Lipinski definition) is 1. The molecule has 0 spiro atoms. The van der Waals surface area contributed by atoms with E-state index < -0.39 is 0 Å². The van der Waals surface area contributed by atoms with Gasteiger partial charge in [-0.15, -0.1) is 0 Å². The number of likely N-dealkylation sites (tertiary alicyclic amines) is 1. The summed E-state index contributed by atoms with van der Waals surface area (Å²) in [6.07, 6.45) is 0.798. The number of rotatable bonds is 1. The Morgan fingerprint density at radius 2 is 2.27 bits per heavy atom. The summed E-state index contributed by atoms with van der Waals surface area (Å²) in [6, 6.07) is 8.26. The number of aliphatic hydroxyl groups is 1. The van der Waals surface area contributed by atoms with Crippen LogP contribution in [0.3, 0.4) is 0 Å². The van der Waals surface area contributed by atoms with Crippen LogP contribution in [0.4, 0.5) is 0 Å². The highest BCUT2D eigenvalue weighted by Crippen LogP contribution is 2.29. The van der Waals surface area contributed by atoms with Crippen LogP contribution in [0.5, 0.6) is 0 Å². The Morgan fingerprint density at radius 3 is 2.93 bits per heavy atom. The number of piperidine rings is 1. The molecule has 0 amide bonds. The maximum absolute atomic E-state index is 10.0. The average Bonchev–Trinajstić information content (AvgIpc) is 2.17. The zero-order valence-electron chi connectivity index (χ0n) is 8.86. The van der Waals surface area contributed by atoms with Crippen molar-refractivity contribution in [2.24, 2.45) is 0 Å². The Hall–Kier alpha value is -0.380. The Bertz CT molecular complexity index is 342. The van der Waals surface area contributed by atoms with Crippen LogP contribution in [-0.4, -0.2) is 36.2 Å². The second-order valence-electron chi connectivity index (χ2n) is 4.28. The van der Waals surface area contributed by atoms with Crippen LogP contribution < -0.4 is 0 Å². The normalized spacial score (nSPS) is 27.9. The third kappa shape index (κ3) is 2.60. The van der Waals surface area contributed by atoms with E-state index >= 15 is 0 Å². The van der Waals surface area contributed by atoms with Crippen molar-refractivity contribution in [2.45, 2.75) is 18.4 Å². The summed E-state index contributed by atoms with van der Waals surface area (Å²) in [7, 11) is 2.06. The van der Waals surface area contributed by atoms with E-state index in [0.29, 0.717) is 5.92 Å². The molecule has 15 heavy (non-hydrogen) atoms. The van der Waals surface area contributed by atoms with Crippen LogP contribution in [0, 0.1) is 0 Å². The molecule has 3 heteroatoms. The van der Waals surface area contributed by atoms with Gasteiger partial charge in [-0.2, -0.15) is 0 Å². The molecule has 0 bridgehead atoms. The van der Waals surface area contributed by atoms with E-state index in [1.54, 1.807) is 0 Å². The van der Waals surface area contributed by atoms with Gasteiger partial charge in [-0.3, -0.25) is 0 Å². The van der Waals surface area contributed by atoms with Gasteiger partial charge in [0.05, 0.1) is 6.10 Å². The number of hydrogen-bond acceptors (Lipinski definition) is 2. The standard InChI is InChI=1S/C12H16BrNO/c1-14-6-5-11(12(15)8-14)9-3-2-4-10(13)7-9/h2-4,7,11-12,15H,5-6,8H2,1H3/t11-,12+/m1/s1. The van der Waals surface area contributed by atoms with Crippen molar-refractivity contribution in [3.63, 3.8) is 0 Å². The number of β-amino-alcohol motifs (C(OH)–C–C–N with tert-alkyl or cyclic N) is 1. The van der Waals surface area contributed by atoms with Gasteiger partial charge in [0.25, 0.3) is 0 Å². The predicted molar refractivity (Wildman–Crippen MR) is 65.0 cm³/mol. The number of aliphatic hydroxyl groups excluding tert-OH is 1. The van der Waals surface area contributed by atoms with Gasteiger partial charge in [-0.25, -0.2) is 0 Å². The third-order valence-corrected chi connectivity index (χ3v) is 3.56. The molecule has 1 aliphatic rings. The van der Waals surface area contributed by atoms with Crippen LogP contribution in [0.2, 0.25) is 0 Å². The number of benzene rings is 1. The minimum atomic E-state index is -0.238. The molecule has 0 aliphatic carbocycles. The van der Waals surface area contributed by atoms with E-state index in [2.05, 4.69) is 40.0 Å². The van der Waals surface area contributed by atoms with E-state index in [9.17, 15) is 5.11 Å². The van der Waals surface area contributed by atoms with Gasteiger partial charge < -0.3 is 10.0 Å². The minimum absolute atomic E-state index is 0.238. The van der Waals surface area contributed by atoms with Gasteiger partial charge in [-0.05, 0) is 37.7 Å². The molecule has 1 N–H and O–H groups in total. The molecule has 0 unspecified atom stereocenters. The number of halogens is 1. The van der Waals surface area contributed by atoms with Gasteiger partial charge >= 0.3 is 0 Å². The van der Waals surface area contributed by atoms with Crippen LogP contribution in [-0.2, 0) is 0 Å². The fourth-order valence-electron chi connectivity index (χ4n) is 2.22. The van der Waals surface area contributed by atoms with Crippen LogP contribution in [0.1, 0.15) is 17.9 Å². The lowest BCUT2D eigenvalue weighted by Crippen LogP contribution is -2.40. The molecule has 1 heterocycles. The second kappa shape index (κ2) is 4.64. The molecule has 1 aliphatic heterocycles. The molecule has 1 aromatic carbocycles. The fraction of sp³-hybridized carbons (Fsp3) is 0.500. The first-order valence-electron chi connectivity index (χ1n) is 5.29. The smallest absolute Gasteiger partial charge is 0.0735 e. The topological polar surface area (TPSA) is 23.5 Å². The summed E-state index contributed by atoms with van der Waals surface area (Å²) >= 11 is 3.47. The zero-order valence-corrected chi connectivity index (χ0v) is 10.4. The molecule has 1 saturated heterocycles. The molecule has 0 saturated carbocycles. The van der Waals surface area contributed by atoms with Gasteiger partial charge in [0.1, 0.15) is 0 Å². The summed E-state index contributed by atoms with van der Waals surface area (Å²) in [4.78, 5) is 2.18. The molecule has 2 atom stereocenters. The average molecular weight is 270 g/mol. The number of nitrogens with zero attached hydrogens (tertiary/aromatic N) is 1. The Labute approximate surface area is 99.0 Å². The molecule has 2 rings (SSSR count). The van der Waals surface area contributed by atoms with Crippen LogP contribution in [0.25, 0.3) is 0 Å². The lowest BCUT2D eigenvalue weighted by atomic mass is 9.87. The SMILES string of the molecule is CN1CC[C@H](c2cccc(Br)c2)[C@@H](O)C1. The lowest BCUT2D eigenvalue weighted by molar-refractivity contribution is 0.0638. The van der Waals surface area contributed by atoms with Gasteiger partial charge in [0, 0.05) is 16.9 Å². The summed E-state index contributed by atoms with van der Waals surface area (Å²) < 4.78 is 1.09. The molecule has 1 fully saturated rings. The Balaban J connectivity index is 2.17. The van der Waals surface area contributed by atoms with Crippen LogP contribution in [0.15, 0.2) is 28.7 Å².